The second-order valence-electron chi connectivity index (χ2n) is 9.14. The Labute approximate surface area is 205 Å². The molecule has 1 saturated heterocycles. The first-order valence-electron chi connectivity index (χ1n) is 12.1. The van der Waals surface area contributed by atoms with Crippen LogP contribution < -0.4 is 5.32 Å². The van der Waals surface area contributed by atoms with Crippen LogP contribution in [0.25, 0.3) is 11.1 Å². The van der Waals surface area contributed by atoms with Gasteiger partial charge in [0, 0.05) is 32.2 Å². The lowest BCUT2D eigenvalue weighted by Gasteiger charge is -2.38. The van der Waals surface area contributed by atoms with Gasteiger partial charge in [0.05, 0.1) is 18.4 Å². The smallest absolute Gasteiger partial charge is 0.407 e. The van der Waals surface area contributed by atoms with Crippen LogP contribution in [0.1, 0.15) is 49.7 Å². The van der Waals surface area contributed by atoms with Crippen LogP contribution in [0.3, 0.4) is 0 Å². The van der Waals surface area contributed by atoms with Gasteiger partial charge in [-0.05, 0) is 42.0 Å². The molecule has 2 aromatic rings. The predicted octanol–water partition coefficient (Wildman–Crippen LogP) is 3.79. The van der Waals surface area contributed by atoms with Crippen molar-refractivity contribution in [2.24, 2.45) is 0 Å². The minimum atomic E-state index is -0.950. The molecule has 35 heavy (non-hydrogen) atoms. The summed E-state index contributed by atoms with van der Waals surface area (Å²) in [6.45, 7) is 3.41. The number of rotatable bonds is 9. The Hall–Kier alpha value is -3.39. The van der Waals surface area contributed by atoms with E-state index in [1.807, 2.05) is 31.2 Å². The standard InChI is InChI=1S/C27H32N2O6/c1-2-29(14-11-25(31)32)24(30)17-27(12-15-34-16-13-27)28-26(33)35-18-23-21-9-5-3-7-19(21)20-8-4-6-10-22(20)23/h3-10,23H,2,11-18H2,1H3,(H,28,33)(H,31,32). The number of carboxylic acid groups (broad SMARTS) is 1. The van der Waals surface area contributed by atoms with E-state index in [1.165, 1.54) is 4.90 Å². The molecular formula is C27H32N2O6. The number of benzene rings is 2. The summed E-state index contributed by atoms with van der Waals surface area (Å²) in [7, 11) is 0. The molecule has 0 unspecified atom stereocenters. The molecule has 1 heterocycles. The average Bonchev–Trinajstić information content (AvgIpc) is 3.17. The molecule has 0 spiro atoms. The first-order valence-corrected chi connectivity index (χ1v) is 12.1. The van der Waals surface area contributed by atoms with Gasteiger partial charge < -0.3 is 24.8 Å². The van der Waals surface area contributed by atoms with Crippen molar-refractivity contribution in [3.63, 3.8) is 0 Å². The lowest BCUT2D eigenvalue weighted by Crippen LogP contribution is -2.55. The fourth-order valence-corrected chi connectivity index (χ4v) is 5.05. The molecule has 2 aromatic carbocycles. The first-order chi connectivity index (χ1) is 16.9. The number of ether oxygens (including phenoxy) is 2. The fourth-order valence-electron chi connectivity index (χ4n) is 5.05. The highest BCUT2D eigenvalue weighted by Gasteiger charge is 2.38. The maximum atomic E-state index is 13.0. The van der Waals surface area contributed by atoms with E-state index in [2.05, 4.69) is 29.6 Å². The van der Waals surface area contributed by atoms with E-state index in [9.17, 15) is 14.4 Å². The molecule has 1 fully saturated rings. The van der Waals surface area contributed by atoms with Gasteiger partial charge in [-0.1, -0.05) is 48.5 Å². The van der Waals surface area contributed by atoms with E-state index < -0.39 is 17.6 Å². The van der Waals surface area contributed by atoms with Crippen molar-refractivity contribution >= 4 is 18.0 Å². The number of alkyl carbamates (subject to hydrolysis) is 1. The van der Waals surface area contributed by atoms with Gasteiger partial charge in [-0.25, -0.2) is 4.79 Å². The van der Waals surface area contributed by atoms with Gasteiger partial charge in [0.2, 0.25) is 5.91 Å². The Morgan fingerprint density at radius 3 is 2.23 bits per heavy atom. The molecule has 0 atom stereocenters. The van der Waals surface area contributed by atoms with Crippen molar-refractivity contribution < 1.29 is 29.0 Å². The van der Waals surface area contributed by atoms with Crippen LogP contribution in [-0.4, -0.2) is 66.4 Å². The third-order valence-corrected chi connectivity index (χ3v) is 6.98. The van der Waals surface area contributed by atoms with Gasteiger partial charge in [0.1, 0.15) is 6.61 Å². The number of carboxylic acids is 1. The molecule has 1 aliphatic heterocycles. The van der Waals surface area contributed by atoms with Gasteiger partial charge in [-0.3, -0.25) is 9.59 Å². The molecule has 8 heteroatoms. The second kappa shape index (κ2) is 10.9. The van der Waals surface area contributed by atoms with Crippen LogP contribution >= 0.6 is 0 Å². The molecule has 186 valence electrons. The molecule has 2 amide bonds. The zero-order chi connectivity index (χ0) is 24.8. The lowest BCUT2D eigenvalue weighted by atomic mass is 9.86. The molecule has 1 aliphatic carbocycles. The Balaban J connectivity index is 1.42. The second-order valence-corrected chi connectivity index (χ2v) is 9.14. The van der Waals surface area contributed by atoms with Crippen LogP contribution in [-0.2, 0) is 19.1 Å². The van der Waals surface area contributed by atoms with Crippen molar-refractivity contribution in [1.29, 1.82) is 0 Å². The first kappa shape index (κ1) is 24.7. The third kappa shape index (κ3) is 5.65. The number of nitrogens with one attached hydrogen (secondary N) is 1. The number of fused-ring (bicyclic) bond motifs is 3. The summed E-state index contributed by atoms with van der Waals surface area (Å²) in [6.07, 6.45) is 0.373. The Kier molecular flexibility index (Phi) is 7.70. The summed E-state index contributed by atoms with van der Waals surface area (Å²) in [5.74, 6) is -1.18. The zero-order valence-corrected chi connectivity index (χ0v) is 20.0. The van der Waals surface area contributed by atoms with Crippen LogP contribution in [0.5, 0.6) is 0 Å². The van der Waals surface area contributed by atoms with E-state index >= 15 is 0 Å². The highest BCUT2D eigenvalue weighted by molar-refractivity contribution is 5.80. The minimum Gasteiger partial charge on any atom is -0.481 e. The summed E-state index contributed by atoms with van der Waals surface area (Å²) < 4.78 is 11.2. The molecule has 2 N–H and O–H groups in total. The van der Waals surface area contributed by atoms with Crippen LogP contribution in [0.2, 0.25) is 0 Å². The number of amides is 2. The van der Waals surface area contributed by atoms with Crippen molar-refractivity contribution in [3.05, 3.63) is 59.7 Å². The number of aliphatic carboxylic acids is 1. The number of carbonyl (C=O) groups is 3. The summed E-state index contributed by atoms with van der Waals surface area (Å²) in [5.41, 5.74) is 3.80. The van der Waals surface area contributed by atoms with Gasteiger partial charge in [-0.15, -0.1) is 0 Å². The Morgan fingerprint density at radius 1 is 1.06 bits per heavy atom. The summed E-state index contributed by atoms with van der Waals surface area (Å²) in [5, 5.41) is 11.9. The monoisotopic (exact) mass is 480 g/mol. The number of hydrogen-bond acceptors (Lipinski definition) is 5. The average molecular weight is 481 g/mol. The van der Waals surface area contributed by atoms with Crippen LogP contribution in [0, 0.1) is 0 Å². The molecule has 4 rings (SSSR count). The van der Waals surface area contributed by atoms with E-state index in [0.717, 1.165) is 22.3 Å². The quantitative estimate of drug-likeness (QED) is 0.566. The number of nitrogens with zero attached hydrogens (tertiary/aromatic N) is 1. The summed E-state index contributed by atoms with van der Waals surface area (Å²) in [4.78, 5) is 38.4. The highest BCUT2D eigenvalue weighted by Crippen LogP contribution is 2.44. The van der Waals surface area contributed by atoms with E-state index in [4.69, 9.17) is 14.6 Å². The van der Waals surface area contributed by atoms with E-state index in [-0.39, 0.29) is 37.8 Å². The van der Waals surface area contributed by atoms with Gasteiger partial charge in [-0.2, -0.15) is 0 Å². The van der Waals surface area contributed by atoms with Gasteiger partial charge >= 0.3 is 12.1 Å². The van der Waals surface area contributed by atoms with Crippen molar-refractivity contribution in [2.45, 2.75) is 44.1 Å². The lowest BCUT2D eigenvalue weighted by molar-refractivity contribution is -0.139. The summed E-state index contributed by atoms with van der Waals surface area (Å²) in [6, 6.07) is 16.3. The molecule has 0 saturated carbocycles. The van der Waals surface area contributed by atoms with E-state index in [1.54, 1.807) is 0 Å². The van der Waals surface area contributed by atoms with Gasteiger partial charge in [0.15, 0.2) is 0 Å². The maximum absolute atomic E-state index is 13.0. The van der Waals surface area contributed by atoms with Crippen molar-refractivity contribution in [2.75, 3.05) is 32.9 Å². The molecule has 2 aliphatic rings. The maximum Gasteiger partial charge on any atom is 0.407 e. The highest BCUT2D eigenvalue weighted by atomic mass is 16.5. The Morgan fingerprint density at radius 2 is 1.66 bits per heavy atom. The number of hydrogen-bond donors (Lipinski definition) is 2. The zero-order valence-electron chi connectivity index (χ0n) is 20.0. The normalized spacial score (nSPS) is 16.1. The van der Waals surface area contributed by atoms with Crippen molar-refractivity contribution in [1.82, 2.24) is 10.2 Å². The van der Waals surface area contributed by atoms with E-state index in [0.29, 0.717) is 32.6 Å². The topological polar surface area (TPSA) is 105 Å². The molecule has 8 nitrogen and oxygen atoms in total. The largest absolute Gasteiger partial charge is 0.481 e. The van der Waals surface area contributed by atoms with Crippen LogP contribution in [0.15, 0.2) is 48.5 Å². The SMILES string of the molecule is CCN(CCC(=O)O)C(=O)CC1(NC(=O)OCC2c3ccccc3-c3ccccc32)CCOCC1. The van der Waals surface area contributed by atoms with Crippen LogP contribution in [0.4, 0.5) is 4.79 Å². The van der Waals surface area contributed by atoms with Crippen molar-refractivity contribution in [3.8, 4) is 11.1 Å². The molecule has 0 bridgehead atoms. The minimum absolute atomic E-state index is 0.0491. The summed E-state index contributed by atoms with van der Waals surface area (Å²) >= 11 is 0. The third-order valence-electron chi connectivity index (χ3n) is 6.98. The predicted molar refractivity (Wildman–Crippen MR) is 130 cm³/mol. The molecule has 0 aromatic heterocycles. The molecular weight excluding hydrogens is 448 g/mol. The van der Waals surface area contributed by atoms with Gasteiger partial charge in [0.25, 0.3) is 0 Å². The molecule has 0 radical (unpaired) electrons. The Bertz CT molecular complexity index is 1030. The number of carbonyl (C=O) groups excluding carboxylic acids is 2. The fraction of sp³-hybridized carbons (Fsp3) is 0.444.